The van der Waals surface area contributed by atoms with Crippen LogP contribution in [-0.4, -0.2) is 40.5 Å². The van der Waals surface area contributed by atoms with E-state index in [1.54, 1.807) is 0 Å². The highest BCUT2D eigenvalue weighted by molar-refractivity contribution is 5.91. The van der Waals surface area contributed by atoms with E-state index < -0.39 is 5.97 Å². The number of hydrogen-bond donors (Lipinski definition) is 3. The summed E-state index contributed by atoms with van der Waals surface area (Å²) < 4.78 is 0. The molecular weight excluding hydrogens is 406 g/mol. The Morgan fingerprint density at radius 1 is 1.19 bits per heavy atom. The molecule has 0 aliphatic heterocycles. The number of aliphatic hydroxyl groups is 1. The Bertz CT molecular complexity index is 821. The van der Waals surface area contributed by atoms with Gasteiger partial charge in [-0.3, -0.25) is 14.4 Å². The number of carbonyl (C=O) groups is 3. The van der Waals surface area contributed by atoms with Gasteiger partial charge in [-0.25, -0.2) is 0 Å². The van der Waals surface area contributed by atoms with Gasteiger partial charge in [0.05, 0.1) is 6.10 Å². The zero-order chi connectivity index (χ0) is 23.3. The fraction of sp³-hybridized carbons (Fsp3) is 0.808. The van der Waals surface area contributed by atoms with Crippen molar-refractivity contribution >= 4 is 17.7 Å². The van der Waals surface area contributed by atoms with Gasteiger partial charge in [-0.15, -0.1) is 0 Å². The zero-order valence-corrected chi connectivity index (χ0v) is 19.7. The molecule has 3 fully saturated rings. The molecule has 4 rings (SSSR count). The number of rotatable bonds is 6. The minimum absolute atomic E-state index is 0.0467. The molecule has 0 aromatic heterocycles. The molecule has 6 heteroatoms. The number of aliphatic hydroxyl groups excluding tert-OH is 1. The number of nitrogens with one attached hydrogen (secondary N) is 1. The minimum Gasteiger partial charge on any atom is -0.480 e. The van der Waals surface area contributed by atoms with Gasteiger partial charge in [0.1, 0.15) is 6.54 Å². The van der Waals surface area contributed by atoms with E-state index >= 15 is 0 Å². The molecular formula is C26H39NO5. The third-order valence-electron chi connectivity index (χ3n) is 10.0. The van der Waals surface area contributed by atoms with Crippen LogP contribution in [0, 0.1) is 40.4 Å². The zero-order valence-electron chi connectivity index (χ0n) is 19.7. The van der Waals surface area contributed by atoms with Gasteiger partial charge in [-0.2, -0.15) is 0 Å². The quantitative estimate of drug-likeness (QED) is 0.578. The van der Waals surface area contributed by atoms with Crippen LogP contribution >= 0.6 is 0 Å². The first-order chi connectivity index (χ1) is 15.1. The van der Waals surface area contributed by atoms with E-state index in [0.717, 1.165) is 38.5 Å². The van der Waals surface area contributed by atoms with E-state index in [9.17, 15) is 19.5 Å². The molecule has 6 nitrogen and oxygen atoms in total. The summed E-state index contributed by atoms with van der Waals surface area (Å²) in [6.45, 7) is 6.67. The topological polar surface area (TPSA) is 104 Å². The lowest BCUT2D eigenvalue weighted by molar-refractivity contribution is -0.138. The molecule has 0 bridgehead atoms. The predicted molar refractivity (Wildman–Crippen MR) is 121 cm³/mol. The summed E-state index contributed by atoms with van der Waals surface area (Å²) in [6, 6.07) is 0. The van der Waals surface area contributed by atoms with Crippen molar-refractivity contribution in [3.05, 3.63) is 11.6 Å². The second kappa shape index (κ2) is 8.58. The lowest BCUT2D eigenvalue weighted by atomic mass is 9.45. The van der Waals surface area contributed by atoms with E-state index in [-0.39, 0.29) is 35.2 Å². The number of hydrogen-bond acceptors (Lipinski definition) is 4. The Balaban J connectivity index is 1.46. The molecule has 0 heterocycles. The number of ketones is 1. The van der Waals surface area contributed by atoms with Gasteiger partial charge < -0.3 is 15.5 Å². The van der Waals surface area contributed by atoms with E-state index in [2.05, 4.69) is 26.1 Å². The summed E-state index contributed by atoms with van der Waals surface area (Å²) in [5.41, 5.74) is 1.40. The third kappa shape index (κ3) is 3.93. The van der Waals surface area contributed by atoms with Gasteiger partial charge in [-0.05, 0) is 91.4 Å². The van der Waals surface area contributed by atoms with E-state index in [4.69, 9.17) is 5.11 Å². The normalized spacial score (nSPS) is 41.7. The monoisotopic (exact) mass is 445 g/mol. The van der Waals surface area contributed by atoms with Crippen LogP contribution in [0.15, 0.2) is 11.6 Å². The van der Waals surface area contributed by atoms with E-state index in [1.807, 2.05) is 6.08 Å². The van der Waals surface area contributed by atoms with Gasteiger partial charge in [0.25, 0.3) is 0 Å². The van der Waals surface area contributed by atoms with Crippen LogP contribution in [0.5, 0.6) is 0 Å². The van der Waals surface area contributed by atoms with Crippen molar-refractivity contribution in [2.75, 3.05) is 6.54 Å². The summed E-state index contributed by atoms with van der Waals surface area (Å²) in [7, 11) is 0. The molecule has 4 aliphatic carbocycles. The Hall–Kier alpha value is -1.69. The van der Waals surface area contributed by atoms with Crippen LogP contribution < -0.4 is 5.32 Å². The van der Waals surface area contributed by atoms with Crippen molar-refractivity contribution in [2.45, 2.75) is 84.7 Å². The molecule has 178 valence electrons. The molecule has 0 saturated heterocycles. The first kappa shape index (κ1) is 23.5. The van der Waals surface area contributed by atoms with E-state index in [0.29, 0.717) is 48.9 Å². The van der Waals surface area contributed by atoms with Crippen LogP contribution in [0.2, 0.25) is 0 Å². The number of amides is 1. The number of carboxylic acids is 1. The molecule has 0 unspecified atom stereocenters. The highest BCUT2D eigenvalue weighted by Crippen LogP contribution is 2.67. The largest absolute Gasteiger partial charge is 0.480 e. The van der Waals surface area contributed by atoms with E-state index in [1.165, 1.54) is 5.57 Å². The first-order valence-corrected chi connectivity index (χ1v) is 12.5. The fourth-order valence-electron chi connectivity index (χ4n) is 8.32. The molecule has 0 aromatic carbocycles. The molecule has 0 aromatic rings. The number of fused-ring (bicyclic) bond motifs is 5. The van der Waals surface area contributed by atoms with Crippen molar-refractivity contribution in [1.29, 1.82) is 0 Å². The maximum Gasteiger partial charge on any atom is 0.322 e. The Morgan fingerprint density at radius 3 is 2.66 bits per heavy atom. The molecule has 4 aliphatic rings. The molecule has 3 saturated carbocycles. The maximum absolute atomic E-state index is 12.0. The van der Waals surface area contributed by atoms with Crippen molar-refractivity contribution in [3.63, 3.8) is 0 Å². The minimum atomic E-state index is -1.02. The van der Waals surface area contributed by atoms with Gasteiger partial charge >= 0.3 is 5.97 Å². The molecule has 8 atom stereocenters. The Kier molecular flexibility index (Phi) is 6.30. The highest BCUT2D eigenvalue weighted by Gasteiger charge is 2.61. The lowest BCUT2D eigenvalue weighted by Gasteiger charge is -2.59. The predicted octanol–water partition coefficient (Wildman–Crippen LogP) is 3.72. The van der Waals surface area contributed by atoms with Crippen molar-refractivity contribution < 1.29 is 24.6 Å². The Morgan fingerprint density at radius 2 is 1.94 bits per heavy atom. The third-order valence-corrected chi connectivity index (χ3v) is 10.0. The fourth-order valence-corrected chi connectivity index (χ4v) is 8.32. The summed E-state index contributed by atoms with van der Waals surface area (Å²) in [6.07, 6.45) is 9.28. The second-order valence-corrected chi connectivity index (χ2v) is 11.5. The maximum atomic E-state index is 12.0. The van der Waals surface area contributed by atoms with Crippen molar-refractivity contribution in [3.8, 4) is 0 Å². The van der Waals surface area contributed by atoms with Crippen LogP contribution in [-0.2, 0) is 14.4 Å². The van der Waals surface area contributed by atoms with Gasteiger partial charge in [0.15, 0.2) is 5.78 Å². The smallest absolute Gasteiger partial charge is 0.322 e. The summed E-state index contributed by atoms with van der Waals surface area (Å²) in [5.74, 6) is 1.13. The SMILES string of the molecule is C[C@H](CCC(=O)NCC(=O)O)[C@H]1CC[C@H]2[C@@H]3[C@H](O)CC4=CC(=O)CC[C@]4(C)[C@H]3CC[C@]12C. The number of aliphatic carboxylic acids is 1. The van der Waals surface area contributed by atoms with Crippen LogP contribution in [0.25, 0.3) is 0 Å². The summed E-state index contributed by atoms with van der Waals surface area (Å²) >= 11 is 0. The first-order valence-electron chi connectivity index (χ1n) is 12.5. The second-order valence-electron chi connectivity index (χ2n) is 11.5. The van der Waals surface area contributed by atoms with Gasteiger partial charge in [0.2, 0.25) is 5.91 Å². The van der Waals surface area contributed by atoms with Crippen LogP contribution in [0.4, 0.5) is 0 Å². The van der Waals surface area contributed by atoms with Gasteiger partial charge in [-0.1, -0.05) is 26.3 Å². The van der Waals surface area contributed by atoms with Crippen LogP contribution in [0.1, 0.15) is 78.6 Å². The number of carbonyl (C=O) groups excluding carboxylic acids is 2. The molecule has 1 amide bonds. The lowest BCUT2D eigenvalue weighted by Crippen LogP contribution is -2.55. The Labute approximate surface area is 191 Å². The average molecular weight is 446 g/mol. The molecule has 3 N–H and O–H groups in total. The van der Waals surface area contributed by atoms with Crippen molar-refractivity contribution in [2.24, 2.45) is 40.4 Å². The highest BCUT2D eigenvalue weighted by atomic mass is 16.4. The standard InChI is InChI=1S/C26H39NO5/c1-15(4-7-22(30)27-14-23(31)32)18-5-6-19-24-20(9-11-26(18,19)3)25(2)10-8-17(28)12-16(25)13-21(24)29/h12,15,18-21,24,29H,4-11,13-14H2,1-3H3,(H,27,30)(H,31,32)/t15-,18-,19+,20+,21-,24+,25+,26-/m1/s1. The summed E-state index contributed by atoms with van der Waals surface area (Å²) in [5, 5.41) is 22.5. The number of carboxylic acid groups (broad SMARTS) is 1. The summed E-state index contributed by atoms with van der Waals surface area (Å²) in [4.78, 5) is 34.7. The molecule has 0 radical (unpaired) electrons. The molecule has 0 spiro atoms. The van der Waals surface area contributed by atoms with Gasteiger partial charge in [0, 0.05) is 12.8 Å². The average Bonchev–Trinajstić information content (AvgIpc) is 3.09. The molecule has 32 heavy (non-hydrogen) atoms. The van der Waals surface area contributed by atoms with Crippen molar-refractivity contribution in [1.82, 2.24) is 5.32 Å². The van der Waals surface area contributed by atoms with Crippen LogP contribution in [0.3, 0.4) is 0 Å².